The molecule has 1 aromatic heterocycles. The zero-order chi connectivity index (χ0) is 7.56. The van der Waals surface area contributed by atoms with Gasteiger partial charge in [-0.05, 0) is 27.5 Å². The minimum atomic E-state index is -1.43. The first kappa shape index (κ1) is 7.72. The van der Waals surface area contributed by atoms with Crippen molar-refractivity contribution in [2.24, 2.45) is 0 Å². The average molecular weight is 202 g/mol. The first-order valence-corrected chi connectivity index (χ1v) is 3.46. The molecular weight excluding hydrogens is 197 g/mol. The van der Waals surface area contributed by atoms with Crippen molar-refractivity contribution in [1.29, 1.82) is 0 Å². The van der Waals surface area contributed by atoms with Crippen LogP contribution in [0.5, 0.6) is 0 Å². The van der Waals surface area contributed by atoms with Crippen LogP contribution < -0.4 is 5.46 Å². The lowest BCUT2D eigenvalue weighted by molar-refractivity contribution is 0.425. The van der Waals surface area contributed by atoms with Gasteiger partial charge in [0.1, 0.15) is 0 Å². The minimum Gasteiger partial charge on any atom is -0.423 e. The third-order valence-electron chi connectivity index (χ3n) is 1.08. The smallest absolute Gasteiger partial charge is 0.423 e. The number of nitrogens with zero attached hydrogens (tertiary/aromatic N) is 1. The van der Waals surface area contributed by atoms with Crippen LogP contribution in [0, 0.1) is 0 Å². The molecule has 1 heterocycles. The Morgan fingerprint density at radius 3 is 2.60 bits per heavy atom. The quantitative estimate of drug-likeness (QED) is 0.604. The van der Waals surface area contributed by atoms with Crippen LogP contribution in [0.2, 0.25) is 0 Å². The number of hydrogen-bond acceptors (Lipinski definition) is 3. The Hall–Kier alpha value is -0.385. The molecule has 0 aromatic carbocycles. The van der Waals surface area contributed by atoms with Crippen LogP contribution in [0.4, 0.5) is 0 Å². The van der Waals surface area contributed by atoms with Crippen molar-refractivity contribution in [1.82, 2.24) is 4.98 Å². The number of halogens is 1. The predicted octanol–water partition coefficient (Wildman–Crippen LogP) is -0.476. The van der Waals surface area contributed by atoms with E-state index < -0.39 is 7.12 Å². The van der Waals surface area contributed by atoms with E-state index in [0.717, 1.165) is 0 Å². The third-order valence-corrected chi connectivity index (χ3v) is 1.74. The van der Waals surface area contributed by atoms with E-state index in [2.05, 4.69) is 20.9 Å². The molecule has 0 radical (unpaired) electrons. The van der Waals surface area contributed by atoms with E-state index in [-0.39, 0.29) is 0 Å². The summed E-state index contributed by atoms with van der Waals surface area (Å²) in [5.74, 6) is 0. The van der Waals surface area contributed by atoms with Gasteiger partial charge in [-0.2, -0.15) is 0 Å². The average Bonchev–Trinajstić information content (AvgIpc) is 1.88. The molecule has 0 saturated heterocycles. The van der Waals surface area contributed by atoms with Crippen molar-refractivity contribution in [2.45, 2.75) is 0 Å². The van der Waals surface area contributed by atoms with Gasteiger partial charge >= 0.3 is 7.12 Å². The normalized spacial score (nSPS) is 9.50. The minimum absolute atomic E-state index is 0.426. The molecule has 0 aliphatic heterocycles. The lowest BCUT2D eigenvalue weighted by Crippen LogP contribution is -2.30. The molecule has 0 spiro atoms. The molecule has 0 amide bonds. The van der Waals surface area contributed by atoms with E-state index >= 15 is 0 Å². The van der Waals surface area contributed by atoms with Crippen LogP contribution in [0.1, 0.15) is 0 Å². The van der Waals surface area contributed by atoms with Gasteiger partial charge in [0.15, 0.2) is 0 Å². The highest BCUT2D eigenvalue weighted by Crippen LogP contribution is 2.02. The Kier molecular flexibility index (Phi) is 2.42. The second-order valence-electron chi connectivity index (χ2n) is 1.77. The van der Waals surface area contributed by atoms with Crippen LogP contribution in [-0.4, -0.2) is 22.2 Å². The summed E-state index contributed by atoms with van der Waals surface area (Å²) in [4.78, 5) is 3.76. The molecule has 0 unspecified atom stereocenters. The summed E-state index contributed by atoms with van der Waals surface area (Å²) in [7, 11) is -1.43. The van der Waals surface area contributed by atoms with E-state index in [1.807, 2.05) is 0 Å². The summed E-state index contributed by atoms with van der Waals surface area (Å²) in [5.41, 5.74) is 0.426. The molecule has 2 N–H and O–H groups in total. The summed E-state index contributed by atoms with van der Waals surface area (Å²) in [6.45, 7) is 0. The second kappa shape index (κ2) is 3.14. The van der Waals surface area contributed by atoms with Crippen LogP contribution in [0.15, 0.2) is 22.9 Å². The maximum atomic E-state index is 8.70. The Bertz CT molecular complexity index is 231. The lowest BCUT2D eigenvalue weighted by atomic mass is 9.81. The Balaban J connectivity index is 3.03. The van der Waals surface area contributed by atoms with Crippen LogP contribution in [0.3, 0.4) is 0 Å². The Labute approximate surface area is 67.0 Å². The van der Waals surface area contributed by atoms with Gasteiger partial charge in [-0.3, -0.25) is 4.98 Å². The van der Waals surface area contributed by atoms with Crippen LogP contribution in [0.25, 0.3) is 0 Å². The van der Waals surface area contributed by atoms with Gasteiger partial charge in [0, 0.05) is 16.9 Å². The molecule has 0 aliphatic rings. The molecule has 10 heavy (non-hydrogen) atoms. The molecule has 3 nitrogen and oxygen atoms in total. The SMILES string of the molecule is OB(O)c1ccncc1Br. The Morgan fingerprint density at radius 2 is 2.20 bits per heavy atom. The van der Waals surface area contributed by atoms with Gasteiger partial charge in [0.25, 0.3) is 0 Å². The molecular formula is C5H5BBrNO2. The molecule has 1 rings (SSSR count). The van der Waals surface area contributed by atoms with Crippen molar-refractivity contribution in [2.75, 3.05) is 0 Å². The van der Waals surface area contributed by atoms with Crippen molar-refractivity contribution >= 4 is 28.5 Å². The zero-order valence-corrected chi connectivity index (χ0v) is 6.62. The van der Waals surface area contributed by atoms with Crippen molar-refractivity contribution in [3.63, 3.8) is 0 Å². The van der Waals surface area contributed by atoms with E-state index in [0.29, 0.717) is 9.94 Å². The maximum Gasteiger partial charge on any atom is 0.489 e. The second-order valence-corrected chi connectivity index (χ2v) is 2.63. The van der Waals surface area contributed by atoms with Crippen LogP contribution >= 0.6 is 15.9 Å². The van der Waals surface area contributed by atoms with E-state index in [4.69, 9.17) is 10.0 Å². The van der Waals surface area contributed by atoms with Crippen molar-refractivity contribution in [3.05, 3.63) is 22.9 Å². The lowest BCUT2D eigenvalue weighted by Gasteiger charge is -1.99. The molecule has 0 atom stereocenters. The van der Waals surface area contributed by atoms with Crippen molar-refractivity contribution < 1.29 is 10.0 Å². The van der Waals surface area contributed by atoms with E-state index in [1.54, 1.807) is 0 Å². The van der Waals surface area contributed by atoms with Gasteiger partial charge < -0.3 is 10.0 Å². The fourth-order valence-corrected chi connectivity index (χ4v) is 1.05. The summed E-state index contributed by atoms with van der Waals surface area (Å²) < 4.78 is 0.602. The maximum absolute atomic E-state index is 8.70. The van der Waals surface area contributed by atoms with Crippen LogP contribution in [-0.2, 0) is 0 Å². The largest absolute Gasteiger partial charge is 0.489 e. The molecule has 0 bridgehead atoms. The number of aromatic nitrogens is 1. The number of hydrogen-bond donors (Lipinski definition) is 2. The van der Waals surface area contributed by atoms with E-state index in [9.17, 15) is 0 Å². The van der Waals surface area contributed by atoms with E-state index in [1.165, 1.54) is 18.5 Å². The topological polar surface area (TPSA) is 53.4 Å². The van der Waals surface area contributed by atoms with Crippen molar-refractivity contribution in [3.8, 4) is 0 Å². The molecule has 52 valence electrons. The molecule has 0 saturated carbocycles. The molecule has 1 aromatic rings. The standard InChI is InChI=1S/C5H5BBrNO2/c7-5-3-8-2-1-4(5)6(9)10/h1-3,9-10H. The summed E-state index contributed by atoms with van der Waals surface area (Å²) in [6.07, 6.45) is 3.01. The van der Waals surface area contributed by atoms with Gasteiger partial charge in [0.2, 0.25) is 0 Å². The number of pyridine rings is 1. The fraction of sp³-hybridized carbons (Fsp3) is 0. The molecule has 0 fully saturated rings. The predicted molar refractivity (Wildman–Crippen MR) is 41.8 cm³/mol. The van der Waals surface area contributed by atoms with Gasteiger partial charge in [-0.1, -0.05) is 0 Å². The summed E-state index contributed by atoms with van der Waals surface area (Å²) in [5, 5.41) is 17.4. The Morgan fingerprint density at radius 1 is 1.50 bits per heavy atom. The highest BCUT2D eigenvalue weighted by molar-refractivity contribution is 9.10. The first-order valence-electron chi connectivity index (χ1n) is 2.67. The van der Waals surface area contributed by atoms with Gasteiger partial charge in [-0.15, -0.1) is 0 Å². The molecule has 0 aliphatic carbocycles. The molecule has 5 heteroatoms. The van der Waals surface area contributed by atoms with Gasteiger partial charge in [0.05, 0.1) is 0 Å². The monoisotopic (exact) mass is 201 g/mol. The van der Waals surface area contributed by atoms with Gasteiger partial charge in [-0.25, -0.2) is 0 Å². The highest BCUT2D eigenvalue weighted by atomic mass is 79.9. The number of rotatable bonds is 1. The fourth-order valence-electron chi connectivity index (χ4n) is 0.595. The summed E-state index contributed by atoms with van der Waals surface area (Å²) >= 11 is 3.11. The highest BCUT2D eigenvalue weighted by Gasteiger charge is 2.13. The first-order chi connectivity index (χ1) is 4.72. The summed E-state index contributed by atoms with van der Waals surface area (Å²) in [6, 6.07) is 1.54. The zero-order valence-electron chi connectivity index (χ0n) is 5.03. The third kappa shape index (κ3) is 1.56.